The molecule has 1 aliphatic rings. The molecule has 0 radical (unpaired) electrons. The highest BCUT2D eigenvalue weighted by Crippen LogP contribution is 2.28. The van der Waals surface area contributed by atoms with Gasteiger partial charge in [0.25, 0.3) is 0 Å². The number of piperidine rings is 1. The lowest BCUT2D eigenvalue weighted by molar-refractivity contribution is -0.941. The Morgan fingerprint density at radius 1 is 1.19 bits per heavy atom. The molecule has 0 bridgehead atoms. The summed E-state index contributed by atoms with van der Waals surface area (Å²) in [6, 6.07) is 9.87. The van der Waals surface area contributed by atoms with E-state index in [2.05, 4.69) is 11.7 Å². The number of phenols is 1. The van der Waals surface area contributed by atoms with E-state index in [9.17, 15) is 14.7 Å². The van der Waals surface area contributed by atoms with Crippen LogP contribution in [0.4, 0.5) is 0 Å². The Kier molecular flexibility index (Phi) is 5.95. The molecule has 31 heavy (non-hydrogen) atoms. The van der Waals surface area contributed by atoms with Crippen LogP contribution in [0.3, 0.4) is 0 Å². The van der Waals surface area contributed by atoms with Gasteiger partial charge in [0.15, 0.2) is 5.58 Å². The first kappa shape index (κ1) is 20.9. The third kappa shape index (κ3) is 4.27. The number of quaternary nitrogens is 1. The van der Waals surface area contributed by atoms with Crippen molar-refractivity contribution >= 4 is 16.9 Å². The van der Waals surface area contributed by atoms with Crippen LogP contribution >= 0.6 is 0 Å². The predicted molar refractivity (Wildman–Crippen MR) is 115 cm³/mol. The van der Waals surface area contributed by atoms with E-state index in [0.29, 0.717) is 40.4 Å². The van der Waals surface area contributed by atoms with E-state index < -0.39 is 5.97 Å². The van der Waals surface area contributed by atoms with Crippen molar-refractivity contribution < 1.29 is 28.7 Å². The molecule has 1 fully saturated rings. The second kappa shape index (κ2) is 8.81. The molecular weight excluding hydrogens is 398 g/mol. The average molecular weight is 424 g/mol. The van der Waals surface area contributed by atoms with Crippen molar-refractivity contribution in [3.8, 4) is 17.2 Å². The number of methoxy groups -OCH3 is 1. The van der Waals surface area contributed by atoms with Crippen LogP contribution in [-0.2, 0) is 11.3 Å². The number of nitrogens with one attached hydrogen (secondary N) is 1. The third-order valence-electron chi connectivity index (χ3n) is 5.98. The van der Waals surface area contributed by atoms with E-state index in [1.807, 2.05) is 0 Å². The quantitative estimate of drug-likeness (QED) is 0.612. The lowest BCUT2D eigenvalue weighted by Crippen LogP contribution is -3.14. The van der Waals surface area contributed by atoms with Gasteiger partial charge in [0.05, 0.1) is 36.2 Å². The summed E-state index contributed by atoms with van der Waals surface area (Å²) in [6.07, 6.45) is 4.80. The van der Waals surface area contributed by atoms with Gasteiger partial charge in [0.1, 0.15) is 24.3 Å². The monoisotopic (exact) mass is 424 g/mol. The maximum absolute atomic E-state index is 13.0. The minimum absolute atomic E-state index is 0.0358. The van der Waals surface area contributed by atoms with Crippen LogP contribution in [0.5, 0.6) is 17.2 Å². The summed E-state index contributed by atoms with van der Waals surface area (Å²) in [6.45, 7) is 3.84. The van der Waals surface area contributed by atoms with Crippen LogP contribution in [-0.4, -0.2) is 30.8 Å². The number of phenolic OH excluding ortho intramolecular Hbond substituents is 1. The summed E-state index contributed by atoms with van der Waals surface area (Å²) in [4.78, 5) is 26.0. The molecule has 7 heteroatoms. The molecular formula is C24H26NO6+. The van der Waals surface area contributed by atoms with Crippen LogP contribution < -0.4 is 15.1 Å². The van der Waals surface area contributed by atoms with Gasteiger partial charge in [0, 0.05) is 0 Å². The number of likely N-dealkylation sites (tertiary alicyclic amines) is 1. The van der Waals surface area contributed by atoms with Crippen molar-refractivity contribution in [1.29, 1.82) is 0 Å². The summed E-state index contributed by atoms with van der Waals surface area (Å²) >= 11 is 0. The summed E-state index contributed by atoms with van der Waals surface area (Å²) in [5.74, 6) is 0.112. The summed E-state index contributed by atoms with van der Waals surface area (Å²) in [5.41, 5.74) is 1.10. The van der Waals surface area contributed by atoms with Crippen LogP contribution in [0.25, 0.3) is 11.0 Å². The molecule has 1 aromatic heterocycles. The molecule has 1 saturated heterocycles. The van der Waals surface area contributed by atoms with Crippen LogP contribution in [0.2, 0.25) is 0 Å². The fourth-order valence-corrected chi connectivity index (χ4v) is 4.12. The van der Waals surface area contributed by atoms with Crippen molar-refractivity contribution in [2.75, 3.05) is 13.7 Å². The maximum Gasteiger partial charge on any atom is 0.337 e. The molecule has 0 amide bonds. The van der Waals surface area contributed by atoms with Crippen molar-refractivity contribution in [3.63, 3.8) is 0 Å². The zero-order chi connectivity index (χ0) is 22.0. The second-order valence-electron chi connectivity index (χ2n) is 7.97. The average Bonchev–Trinajstić information content (AvgIpc) is 2.78. The zero-order valence-electron chi connectivity index (χ0n) is 17.6. The summed E-state index contributed by atoms with van der Waals surface area (Å²) < 4.78 is 16.2. The van der Waals surface area contributed by atoms with Crippen molar-refractivity contribution in [2.24, 2.45) is 0 Å². The Morgan fingerprint density at radius 2 is 1.97 bits per heavy atom. The van der Waals surface area contributed by atoms with Gasteiger partial charge >= 0.3 is 5.97 Å². The largest absolute Gasteiger partial charge is 0.507 e. The Morgan fingerprint density at radius 3 is 2.68 bits per heavy atom. The van der Waals surface area contributed by atoms with E-state index in [-0.39, 0.29) is 16.9 Å². The lowest BCUT2D eigenvalue weighted by Gasteiger charge is -2.30. The fraction of sp³-hybridized carbons (Fsp3) is 0.333. The SMILES string of the molecule is COC(=O)c1ccc(Oc2coc3c(C[NH+]4CCCC[C@@H]4C)c(O)ccc3c2=O)cc1. The maximum atomic E-state index is 13.0. The molecule has 2 atom stereocenters. The van der Waals surface area contributed by atoms with Gasteiger partial charge in [-0.05, 0) is 62.6 Å². The number of hydrogen-bond donors (Lipinski definition) is 2. The van der Waals surface area contributed by atoms with Crippen LogP contribution in [0.15, 0.2) is 51.9 Å². The van der Waals surface area contributed by atoms with Crippen LogP contribution in [0, 0.1) is 0 Å². The number of carbonyl (C=O) groups is 1. The van der Waals surface area contributed by atoms with E-state index in [1.165, 1.54) is 30.8 Å². The van der Waals surface area contributed by atoms with Gasteiger partial charge in [-0.3, -0.25) is 4.79 Å². The summed E-state index contributed by atoms with van der Waals surface area (Å²) in [5, 5.41) is 10.8. The molecule has 0 spiro atoms. The molecule has 7 nitrogen and oxygen atoms in total. The van der Waals surface area contributed by atoms with Crippen molar-refractivity contribution in [2.45, 2.75) is 38.8 Å². The first-order valence-electron chi connectivity index (χ1n) is 10.4. The van der Waals surface area contributed by atoms with Gasteiger partial charge in [-0.25, -0.2) is 4.79 Å². The minimum Gasteiger partial charge on any atom is -0.507 e. The zero-order valence-corrected chi connectivity index (χ0v) is 17.6. The molecule has 2 aromatic carbocycles. The first-order chi connectivity index (χ1) is 15.0. The van der Waals surface area contributed by atoms with Crippen LogP contribution in [0.1, 0.15) is 42.1 Å². The molecule has 1 unspecified atom stereocenters. The molecule has 4 rings (SSSR count). The Balaban J connectivity index is 1.64. The number of esters is 1. The van der Waals surface area contributed by atoms with E-state index >= 15 is 0 Å². The highest BCUT2D eigenvalue weighted by atomic mass is 16.5. The Hall–Kier alpha value is -3.32. The number of benzene rings is 2. The van der Waals surface area contributed by atoms with Gasteiger partial charge in [-0.2, -0.15) is 0 Å². The molecule has 162 valence electrons. The van der Waals surface area contributed by atoms with E-state index in [1.54, 1.807) is 30.3 Å². The van der Waals surface area contributed by atoms with Gasteiger partial charge < -0.3 is 23.9 Å². The molecule has 0 aliphatic carbocycles. The van der Waals surface area contributed by atoms with E-state index in [0.717, 1.165) is 19.4 Å². The fourth-order valence-electron chi connectivity index (χ4n) is 4.12. The number of hydrogen-bond acceptors (Lipinski definition) is 6. The minimum atomic E-state index is -0.450. The predicted octanol–water partition coefficient (Wildman–Crippen LogP) is 3.03. The van der Waals surface area contributed by atoms with Gasteiger partial charge in [0.2, 0.25) is 11.2 Å². The third-order valence-corrected chi connectivity index (χ3v) is 5.98. The van der Waals surface area contributed by atoms with E-state index in [4.69, 9.17) is 9.15 Å². The number of ether oxygens (including phenoxy) is 2. The molecule has 2 heterocycles. The number of carbonyl (C=O) groups excluding carboxylic acids is 1. The van der Waals surface area contributed by atoms with Crippen molar-refractivity contribution in [1.82, 2.24) is 0 Å². The van der Waals surface area contributed by atoms with Gasteiger partial charge in [-0.15, -0.1) is 0 Å². The number of aromatic hydroxyl groups is 1. The Labute approximate surface area is 179 Å². The Bertz CT molecular complexity index is 1150. The normalized spacial score (nSPS) is 18.6. The smallest absolute Gasteiger partial charge is 0.337 e. The second-order valence-corrected chi connectivity index (χ2v) is 7.97. The molecule has 0 saturated carbocycles. The topological polar surface area (TPSA) is 90.4 Å². The molecule has 2 N–H and O–H groups in total. The highest BCUT2D eigenvalue weighted by Gasteiger charge is 2.25. The molecule has 1 aliphatic heterocycles. The number of rotatable bonds is 5. The number of fused-ring (bicyclic) bond motifs is 1. The molecule has 3 aromatic rings. The van der Waals surface area contributed by atoms with Gasteiger partial charge in [-0.1, -0.05) is 0 Å². The van der Waals surface area contributed by atoms with Crippen molar-refractivity contribution in [3.05, 3.63) is 64.0 Å². The highest BCUT2D eigenvalue weighted by molar-refractivity contribution is 5.89. The first-order valence-corrected chi connectivity index (χ1v) is 10.4. The summed E-state index contributed by atoms with van der Waals surface area (Å²) in [7, 11) is 1.31. The lowest BCUT2D eigenvalue weighted by atomic mass is 10.0. The standard InChI is InChI=1S/C24H25NO6/c1-15-5-3-4-12-25(15)13-19-20(26)11-10-18-22(27)21(14-30-23(18)19)31-17-8-6-16(7-9-17)24(28)29-2/h6-11,14-15,26H,3-5,12-13H2,1-2H3/p+1/t15-/m0/s1.